The number of nitrogens with zero attached hydrogens (tertiary/aromatic N) is 1. The van der Waals surface area contributed by atoms with Gasteiger partial charge in [0.1, 0.15) is 11.4 Å². The third kappa shape index (κ3) is 3.95. The first-order valence-corrected chi connectivity index (χ1v) is 8.09. The minimum absolute atomic E-state index is 0.160. The number of imidazole rings is 1. The van der Waals surface area contributed by atoms with Gasteiger partial charge >= 0.3 is 0 Å². The van der Waals surface area contributed by atoms with Crippen molar-refractivity contribution in [2.45, 2.75) is 18.6 Å². The lowest BCUT2D eigenvalue weighted by molar-refractivity contribution is -0.119. The molecule has 3 aromatic rings. The number of carbonyl (C=O) groups excluding carboxylic acids is 1. The Kier molecular flexibility index (Phi) is 5.26. The van der Waals surface area contributed by atoms with Gasteiger partial charge in [-0.25, -0.2) is 9.37 Å². The molecule has 0 aliphatic carbocycles. The number of halogens is 2. The highest BCUT2D eigenvalue weighted by molar-refractivity contribution is 6.63. The SMILES string of the molecule is O=C(Cl)CC(OCc1ccccc1)(c1cccc(F)c1)c1cnc[nH]1. The van der Waals surface area contributed by atoms with E-state index in [-0.39, 0.29) is 13.0 Å². The zero-order chi connectivity index (χ0) is 17.7. The quantitative estimate of drug-likeness (QED) is 0.645. The lowest BCUT2D eigenvalue weighted by Gasteiger charge is -2.32. The van der Waals surface area contributed by atoms with Crippen LogP contribution in [0, 0.1) is 5.82 Å². The van der Waals surface area contributed by atoms with Crippen LogP contribution in [-0.2, 0) is 21.7 Å². The Morgan fingerprint density at radius 1 is 1.20 bits per heavy atom. The van der Waals surface area contributed by atoms with E-state index in [1.54, 1.807) is 18.3 Å². The fourth-order valence-corrected chi connectivity index (χ4v) is 2.95. The Morgan fingerprint density at radius 2 is 2.00 bits per heavy atom. The molecule has 3 rings (SSSR count). The maximum atomic E-state index is 13.8. The average molecular weight is 359 g/mol. The number of H-pyrrole nitrogens is 1. The highest BCUT2D eigenvalue weighted by atomic mass is 35.5. The monoisotopic (exact) mass is 358 g/mol. The third-order valence-electron chi connectivity index (χ3n) is 3.94. The predicted octanol–water partition coefficient (Wildman–Crippen LogP) is 4.16. The molecule has 0 bridgehead atoms. The first kappa shape index (κ1) is 17.3. The number of hydrogen-bond acceptors (Lipinski definition) is 3. The van der Waals surface area contributed by atoms with Gasteiger partial charge in [0.05, 0.1) is 31.2 Å². The highest BCUT2D eigenvalue weighted by Crippen LogP contribution is 2.37. The van der Waals surface area contributed by atoms with Crippen LogP contribution in [0.4, 0.5) is 4.39 Å². The maximum absolute atomic E-state index is 13.8. The van der Waals surface area contributed by atoms with Crippen molar-refractivity contribution in [3.05, 3.63) is 89.8 Å². The summed E-state index contributed by atoms with van der Waals surface area (Å²) in [5.41, 5.74) is 0.683. The molecular formula is C19H16ClFN2O2. The lowest BCUT2D eigenvalue weighted by Crippen LogP contribution is -2.33. The molecule has 6 heteroatoms. The largest absolute Gasteiger partial charge is 0.359 e. The smallest absolute Gasteiger partial charge is 0.225 e. The Labute approximate surface area is 149 Å². The van der Waals surface area contributed by atoms with Gasteiger partial charge in [0.2, 0.25) is 5.24 Å². The number of benzene rings is 2. The normalized spacial score (nSPS) is 13.4. The maximum Gasteiger partial charge on any atom is 0.225 e. The van der Waals surface area contributed by atoms with E-state index in [4.69, 9.17) is 16.3 Å². The van der Waals surface area contributed by atoms with E-state index in [2.05, 4.69) is 9.97 Å². The average Bonchev–Trinajstić information content (AvgIpc) is 3.14. The Hall–Kier alpha value is -2.50. The van der Waals surface area contributed by atoms with Crippen molar-refractivity contribution >= 4 is 16.8 Å². The summed E-state index contributed by atoms with van der Waals surface area (Å²) < 4.78 is 20.0. The van der Waals surface area contributed by atoms with Gasteiger partial charge in [0, 0.05) is 0 Å². The Morgan fingerprint density at radius 3 is 2.64 bits per heavy atom. The molecule has 0 radical (unpaired) electrons. The summed E-state index contributed by atoms with van der Waals surface area (Å²) in [5, 5.41) is -0.591. The van der Waals surface area contributed by atoms with Crippen LogP contribution in [-0.4, -0.2) is 15.2 Å². The molecule has 0 aliphatic rings. The van der Waals surface area contributed by atoms with Gasteiger partial charge in [-0.1, -0.05) is 42.5 Å². The molecule has 0 amide bonds. The van der Waals surface area contributed by atoms with E-state index in [0.717, 1.165) is 5.56 Å². The number of aromatic amines is 1. The van der Waals surface area contributed by atoms with Crippen LogP contribution in [0.5, 0.6) is 0 Å². The van der Waals surface area contributed by atoms with E-state index < -0.39 is 16.7 Å². The summed E-state index contributed by atoms with van der Waals surface area (Å²) in [6.07, 6.45) is 2.87. The zero-order valence-electron chi connectivity index (χ0n) is 13.3. The first-order valence-electron chi connectivity index (χ1n) is 7.71. The number of nitrogens with one attached hydrogen (secondary N) is 1. The van der Waals surface area contributed by atoms with Crippen LogP contribution in [0.15, 0.2) is 67.1 Å². The van der Waals surface area contributed by atoms with Crippen LogP contribution < -0.4 is 0 Å². The molecule has 1 N–H and O–H groups in total. The molecular weight excluding hydrogens is 343 g/mol. The zero-order valence-corrected chi connectivity index (χ0v) is 14.0. The van der Waals surface area contributed by atoms with Crippen LogP contribution in [0.2, 0.25) is 0 Å². The van der Waals surface area contributed by atoms with E-state index in [9.17, 15) is 9.18 Å². The van der Waals surface area contributed by atoms with Gasteiger partial charge in [0.25, 0.3) is 0 Å². The molecule has 4 nitrogen and oxygen atoms in total. The Balaban J connectivity index is 2.06. The van der Waals surface area contributed by atoms with Gasteiger partial charge in [-0.05, 0) is 34.9 Å². The molecule has 0 saturated heterocycles. The van der Waals surface area contributed by atoms with E-state index in [1.165, 1.54) is 18.5 Å². The fraction of sp³-hybridized carbons (Fsp3) is 0.158. The number of rotatable bonds is 7. The highest BCUT2D eigenvalue weighted by Gasteiger charge is 2.39. The second kappa shape index (κ2) is 7.59. The van der Waals surface area contributed by atoms with Crippen LogP contribution in [0.25, 0.3) is 0 Å². The number of aromatic nitrogens is 2. The molecule has 0 aliphatic heterocycles. The molecule has 0 spiro atoms. The molecule has 1 atom stereocenters. The van der Waals surface area contributed by atoms with Crippen LogP contribution in [0.3, 0.4) is 0 Å². The van der Waals surface area contributed by atoms with Crippen molar-refractivity contribution in [3.63, 3.8) is 0 Å². The van der Waals surface area contributed by atoms with Crippen molar-refractivity contribution in [2.24, 2.45) is 0 Å². The molecule has 0 fully saturated rings. The van der Waals surface area contributed by atoms with E-state index >= 15 is 0 Å². The van der Waals surface area contributed by atoms with Crippen molar-refractivity contribution < 1.29 is 13.9 Å². The number of hydrogen-bond donors (Lipinski definition) is 1. The van der Waals surface area contributed by atoms with Gasteiger partial charge in [-0.2, -0.15) is 0 Å². The van der Waals surface area contributed by atoms with Crippen LogP contribution in [0.1, 0.15) is 23.2 Å². The van der Waals surface area contributed by atoms with Crippen LogP contribution >= 0.6 is 11.6 Å². The second-order valence-corrected chi connectivity index (χ2v) is 6.03. The summed E-state index contributed by atoms with van der Waals surface area (Å²) in [6.45, 7) is 0.223. The van der Waals surface area contributed by atoms with Gasteiger partial charge in [-0.15, -0.1) is 0 Å². The summed E-state index contributed by atoms with van der Waals surface area (Å²) in [6, 6.07) is 15.5. The van der Waals surface area contributed by atoms with Crippen molar-refractivity contribution in [1.82, 2.24) is 9.97 Å². The number of ether oxygens (including phenoxy) is 1. The topological polar surface area (TPSA) is 55.0 Å². The summed E-state index contributed by atoms with van der Waals surface area (Å²) >= 11 is 5.70. The molecule has 128 valence electrons. The standard InChI is InChI=1S/C19H16ClFN2O2/c20-18(24)10-19(17-11-22-13-23-17,15-7-4-8-16(21)9-15)25-12-14-5-2-1-3-6-14/h1-9,11,13H,10,12H2,(H,22,23). The third-order valence-corrected chi connectivity index (χ3v) is 4.07. The van der Waals surface area contributed by atoms with Crippen molar-refractivity contribution in [2.75, 3.05) is 0 Å². The van der Waals surface area contributed by atoms with Crippen molar-refractivity contribution in [3.8, 4) is 0 Å². The molecule has 0 saturated carbocycles. The summed E-state index contributed by atoms with van der Waals surface area (Å²) in [4.78, 5) is 18.8. The van der Waals surface area contributed by atoms with Gasteiger partial charge in [-0.3, -0.25) is 4.79 Å². The molecule has 25 heavy (non-hydrogen) atoms. The molecule has 1 aromatic heterocycles. The first-order chi connectivity index (χ1) is 12.1. The molecule has 1 unspecified atom stereocenters. The lowest BCUT2D eigenvalue weighted by atomic mass is 9.87. The van der Waals surface area contributed by atoms with E-state index in [1.807, 2.05) is 30.3 Å². The molecule has 2 aromatic carbocycles. The molecule has 1 heterocycles. The summed E-state index contributed by atoms with van der Waals surface area (Å²) in [7, 11) is 0. The van der Waals surface area contributed by atoms with Crippen molar-refractivity contribution in [1.29, 1.82) is 0 Å². The van der Waals surface area contributed by atoms with Gasteiger partial charge in [0.15, 0.2) is 0 Å². The minimum Gasteiger partial charge on any atom is -0.359 e. The number of carbonyl (C=O) groups is 1. The van der Waals surface area contributed by atoms with Gasteiger partial charge < -0.3 is 9.72 Å². The summed E-state index contributed by atoms with van der Waals surface area (Å²) in [5.74, 6) is -0.424. The minimum atomic E-state index is -1.26. The Bertz CT molecular complexity index is 840. The fourth-order valence-electron chi connectivity index (χ4n) is 2.76. The second-order valence-electron chi connectivity index (χ2n) is 5.61. The van der Waals surface area contributed by atoms with E-state index in [0.29, 0.717) is 11.3 Å². The predicted molar refractivity (Wildman–Crippen MR) is 92.5 cm³/mol.